The molecule has 0 atom stereocenters. The summed E-state index contributed by atoms with van der Waals surface area (Å²) in [6, 6.07) is 0. The molecule has 0 radical (unpaired) electrons. The first-order valence-corrected chi connectivity index (χ1v) is 4.73. The second kappa shape index (κ2) is 3.42. The Morgan fingerprint density at radius 1 is 1.57 bits per heavy atom. The molecule has 1 amide bonds. The maximum absolute atomic E-state index is 11.1. The summed E-state index contributed by atoms with van der Waals surface area (Å²) < 4.78 is 1.83. The molecule has 76 valence electrons. The lowest BCUT2D eigenvalue weighted by Crippen LogP contribution is -2.21. The van der Waals surface area contributed by atoms with Crippen LogP contribution in [-0.2, 0) is 19.6 Å². The molecule has 0 spiro atoms. The number of fused-ring (bicyclic) bond motifs is 1. The van der Waals surface area contributed by atoms with Gasteiger partial charge in [0.1, 0.15) is 0 Å². The topological polar surface area (TPSA) is 81.1 Å². The number of hydrogen-bond donors (Lipinski definition) is 2. The normalized spacial score (nSPS) is 15.2. The van der Waals surface area contributed by atoms with Crippen molar-refractivity contribution in [3.05, 3.63) is 17.2 Å². The van der Waals surface area contributed by atoms with Crippen LogP contribution in [0.5, 0.6) is 0 Å². The fourth-order valence-corrected chi connectivity index (χ4v) is 1.93. The van der Waals surface area contributed by atoms with Crippen LogP contribution in [0.1, 0.15) is 34.8 Å². The zero-order valence-corrected chi connectivity index (χ0v) is 7.86. The van der Waals surface area contributed by atoms with E-state index >= 15 is 0 Å². The minimum atomic E-state index is -0.521. The predicted octanol–water partition coefficient (Wildman–Crippen LogP) is -0.189. The van der Waals surface area contributed by atoms with Crippen molar-refractivity contribution in [2.24, 2.45) is 5.73 Å². The van der Waals surface area contributed by atoms with Crippen molar-refractivity contribution in [1.29, 1.82) is 0 Å². The van der Waals surface area contributed by atoms with Gasteiger partial charge in [-0.2, -0.15) is 0 Å². The highest BCUT2D eigenvalue weighted by Crippen LogP contribution is 2.20. The van der Waals surface area contributed by atoms with E-state index in [9.17, 15) is 4.79 Å². The van der Waals surface area contributed by atoms with Crippen molar-refractivity contribution in [3.63, 3.8) is 0 Å². The van der Waals surface area contributed by atoms with Crippen LogP contribution in [0.25, 0.3) is 0 Å². The van der Waals surface area contributed by atoms with E-state index in [0.717, 1.165) is 31.5 Å². The quantitative estimate of drug-likeness (QED) is 0.686. The molecule has 0 saturated heterocycles. The molecule has 14 heavy (non-hydrogen) atoms. The number of nitrogens with zero attached hydrogens (tertiary/aromatic N) is 2. The summed E-state index contributed by atoms with van der Waals surface area (Å²) in [5.74, 6) is -0.239. The first-order chi connectivity index (χ1) is 6.74. The fourth-order valence-electron chi connectivity index (χ4n) is 1.93. The molecule has 0 unspecified atom stereocenters. The van der Waals surface area contributed by atoms with E-state index in [1.165, 1.54) is 0 Å². The Morgan fingerprint density at radius 2 is 2.36 bits per heavy atom. The number of imidazole rings is 1. The number of nitrogens with two attached hydrogens (primary N) is 1. The molecule has 1 aliphatic rings. The summed E-state index contributed by atoms with van der Waals surface area (Å²) >= 11 is 0. The van der Waals surface area contributed by atoms with Crippen LogP contribution in [-0.4, -0.2) is 20.6 Å². The summed E-state index contributed by atoms with van der Waals surface area (Å²) in [5, 5.41) is 9.06. The van der Waals surface area contributed by atoms with Gasteiger partial charge in [0.15, 0.2) is 5.82 Å². The van der Waals surface area contributed by atoms with Crippen molar-refractivity contribution in [2.45, 2.75) is 32.4 Å². The Labute approximate surface area is 81.5 Å². The molecule has 5 nitrogen and oxygen atoms in total. The average molecular weight is 195 g/mol. The van der Waals surface area contributed by atoms with Gasteiger partial charge in [-0.05, 0) is 19.3 Å². The lowest BCUT2D eigenvalue weighted by molar-refractivity contribution is 0.0985. The van der Waals surface area contributed by atoms with E-state index < -0.39 is 5.91 Å². The molecule has 1 aliphatic heterocycles. The monoisotopic (exact) mass is 195 g/mol. The van der Waals surface area contributed by atoms with Crippen LogP contribution in [0.4, 0.5) is 0 Å². The third-order valence-corrected chi connectivity index (χ3v) is 2.57. The van der Waals surface area contributed by atoms with Gasteiger partial charge >= 0.3 is 0 Å². The zero-order chi connectivity index (χ0) is 10.1. The van der Waals surface area contributed by atoms with Gasteiger partial charge in [-0.3, -0.25) is 4.79 Å². The summed E-state index contributed by atoms with van der Waals surface area (Å²) in [7, 11) is 0. The third-order valence-electron chi connectivity index (χ3n) is 2.57. The van der Waals surface area contributed by atoms with E-state index in [-0.39, 0.29) is 12.4 Å². The minimum Gasteiger partial charge on any atom is -0.390 e. The maximum atomic E-state index is 11.1. The lowest BCUT2D eigenvalue weighted by Gasteiger charge is -2.15. The van der Waals surface area contributed by atoms with Gasteiger partial charge in [0.05, 0.1) is 12.3 Å². The number of carbonyl (C=O) groups is 1. The molecule has 3 N–H and O–H groups in total. The number of aromatic nitrogens is 2. The van der Waals surface area contributed by atoms with E-state index in [2.05, 4.69) is 4.98 Å². The van der Waals surface area contributed by atoms with Crippen LogP contribution >= 0.6 is 0 Å². The number of primary amides is 1. The SMILES string of the molecule is NC(=O)c1nc(CO)c2n1CCCC2. The summed E-state index contributed by atoms with van der Waals surface area (Å²) in [5.41, 5.74) is 6.76. The molecule has 0 saturated carbocycles. The van der Waals surface area contributed by atoms with Crippen LogP contribution < -0.4 is 5.73 Å². The Bertz CT molecular complexity index is 370. The Kier molecular flexibility index (Phi) is 2.25. The van der Waals surface area contributed by atoms with Crippen LogP contribution in [0.2, 0.25) is 0 Å². The maximum Gasteiger partial charge on any atom is 0.284 e. The van der Waals surface area contributed by atoms with Crippen LogP contribution in [0, 0.1) is 0 Å². The highest BCUT2D eigenvalue weighted by molar-refractivity contribution is 5.89. The Hall–Kier alpha value is -1.36. The van der Waals surface area contributed by atoms with Gasteiger partial charge < -0.3 is 15.4 Å². The second-order valence-corrected chi connectivity index (χ2v) is 3.46. The third kappa shape index (κ3) is 1.29. The van der Waals surface area contributed by atoms with E-state index in [4.69, 9.17) is 10.8 Å². The zero-order valence-electron chi connectivity index (χ0n) is 7.86. The molecule has 0 aromatic carbocycles. The highest BCUT2D eigenvalue weighted by atomic mass is 16.3. The van der Waals surface area contributed by atoms with Crippen molar-refractivity contribution in [1.82, 2.24) is 9.55 Å². The summed E-state index contributed by atoms with van der Waals surface area (Å²) in [4.78, 5) is 15.1. The minimum absolute atomic E-state index is 0.122. The van der Waals surface area contributed by atoms with Crippen molar-refractivity contribution in [3.8, 4) is 0 Å². The van der Waals surface area contributed by atoms with Crippen LogP contribution in [0.3, 0.4) is 0 Å². The Morgan fingerprint density at radius 3 is 3.00 bits per heavy atom. The van der Waals surface area contributed by atoms with E-state index in [1.807, 2.05) is 4.57 Å². The summed E-state index contributed by atoms with van der Waals surface area (Å²) in [6.07, 6.45) is 2.99. The fraction of sp³-hybridized carbons (Fsp3) is 0.556. The second-order valence-electron chi connectivity index (χ2n) is 3.46. The Balaban J connectivity index is 2.52. The molecule has 5 heteroatoms. The lowest BCUT2D eigenvalue weighted by atomic mass is 10.1. The van der Waals surface area contributed by atoms with Gasteiger partial charge in [-0.1, -0.05) is 0 Å². The molecular weight excluding hydrogens is 182 g/mol. The van der Waals surface area contributed by atoms with Crippen molar-refractivity contribution in [2.75, 3.05) is 0 Å². The standard InChI is InChI=1S/C9H13N3O2/c10-8(14)9-11-6(5-13)7-3-1-2-4-12(7)9/h13H,1-5H2,(H2,10,14). The first kappa shape index (κ1) is 9.21. The van der Waals surface area contributed by atoms with Gasteiger partial charge in [-0.25, -0.2) is 4.98 Å². The number of amides is 1. The molecule has 0 bridgehead atoms. The van der Waals surface area contributed by atoms with Gasteiger partial charge in [0, 0.05) is 12.2 Å². The van der Waals surface area contributed by atoms with Gasteiger partial charge in [-0.15, -0.1) is 0 Å². The number of hydrogen-bond acceptors (Lipinski definition) is 3. The summed E-state index contributed by atoms with van der Waals surface area (Å²) in [6.45, 7) is 0.656. The van der Waals surface area contributed by atoms with E-state index in [0.29, 0.717) is 5.69 Å². The number of aliphatic hydroxyl groups is 1. The van der Waals surface area contributed by atoms with Gasteiger partial charge in [0.25, 0.3) is 5.91 Å². The highest BCUT2D eigenvalue weighted by Gasteiger charge is 2.21. The molecule has 1 aromatic heterocycles. The molecule has 1 aromatic rings. The molecule has 0 fully saturated rings. The predicted molar refractivity (Wildman–Crippen MR) is 49.6 cm³/mol. The van der Waals surface area contributed by atoms with Crippen LogP contribution in [0.15, 0.2) is 0 Å². The molecular formula is C9H13N3O2. The number of carbonyl (C=O) groups excluding carboxylic acids is 1. The van der Waals surface area contributed by atoms with Crippen molar-refractivity contribution >= 4 is 5.91 Å². The van der Waals surface area contributed by atoms with E-state index in [1.54, 1.807) is 0 Å². The number of rotatable bonds is 2. The molecule has 2 rings (SSSR count). The molecule has 0 aliphatic carbocycles. The first-order valence-electron chi connectivity index (χ1n) is 4.73. The average Bonchev–Trinajstić information content (AvgIpc) is 2.56. The van der Waals surface area contributed by atoms with Gasteiger partial charge in [0.2, 0.25) is 0 Å². The smallest absolute Gasteiger partial charge is 0.284 e. The van der Waals surface area contributed by atoms with Crippen molar-refractivity contribution < 1.29 is 9.90 Å². The number of aliphatic hydroxyl groups excluding tert-OH is 1. The largest absolute Gasteiger partial charge is 0.390 e. The molecule has 2 heterocycles.